The number of hydrogen-bond acceptors (Lipinski definition) is 3. The molecule has 1 heterocycles. The molecule has 0 aliphatic rings. The third kappa shape index (κ3) is 3.17. The minimum Gasteiger partial charge on any atom is -0.241 e. The Morgan fingerprint density at radius 3 is 2.40 bits per heavy atom. The van der Waals surface area contributed by atoms with Crippen molar-refractivity contribution in [3.8, 4) is 0 Å². The summed E-state index contributed by atoms with van der Waals surface area (Å²) >= 11 is 0. The molecule has 1 atom stereocenters. The smallest absolute Gasteiger partial charge is 0.241 e. The molecule has 0 saturated carbocycles. The van der Waals surface area contributed by atoms with Crippen LogP contribution < -0.4 is 4.72 Å². The predicted molar refractivity (Wildman–Crippen MR) is 69.3 cm³/mol. The van der Waals surface area contributed by atoms with Crippen molar-refractivity contribution in [1.82, 2.24) is 9.71 Å². The van der Waals surface area contributed by atoms with Crippen LogP contribution in [0, 0.1) is 11.6 Å². The van der Waals surface area contributed by atoms with Crippen molar-refractivity contribution < 1.29 is 17.2 Å². The highest BCUT2D eigenvalue weighted by molar-refractivity contribution is 7.89. The Labute approximate surface area is 115 Å². The molecule has 2 aromatic rings. The maximum absolute atomic E-state index is 13.5. The summed E-state index contributed by atoms with van der Waals surface area (Å²) in [6, 6.07) is 7.04. The molecule has 0 amide bonds. The Morgan fingerprint density at radius 1 is 1.15 bits per heavy atom. The van der Waals surface area contributed by atoms with E-state index in [0.717, 1.165) is 6.07 Å². The Morgan fingerprint density at radius 2 is 1.80 bits per heavy atom. The van der Waals surface area contributed by atoms with Crippen molar-refractivity contribution in [2.24, 2.45) is 0 Å². The molecule has 4 nitrogen and oxygen atoms in total. The fourth-order valence-corrected chi connectivity index (χ4v) is 2.91. The van der Waals surface area contributed by atoms with Gasteiger partial charge in [0, 0.05) is 12.2 Å². The van der Waals surface area contributed by atoms with Gasteiger partial charge < -0.3 is 0 Å². The molecule has 0 fully saturated rings. The van der Waals surface area contributed by atoms with E-state index in [-0.39, 0.29) is 0 Å². The van der Waals surface area contributed by atoms with Crippen LogP contribution in [0.15, 0.2) is 47.6 Å². The summed E-state index contributed by atoms with van der Waals surface area (Å²) in [6.45, 7) is 1.58. The second-order valence-corrected chi connectivity index (χ2v) is 5.81. The average Bonchev–Trinajstić information content (AvgIpc) is 2.39. The molecule has 1 unspecified atom stereocenters. The summed E-state index contributed by atoms with van der Waals surface area (Å²) in [6.07, 6.45) is 1.19. The fraction of sp³-hybridized carbons (Fsp3) is 0.154. The van der Waals surface area contributed by atoms with Gasteiger partial charge >= 0.3 is 0 Å². The first-order chi connectivity index (χ1) is 9.40. The highest BCUT2D eigenvalue weighted by Crippen LogP contribution is 2.17. The largest absolute Gasteiger partial charge is 0.261 e. The first kappa shape index (κ1) is 14.5. The number of nitrogens with zero attached hydrogens (tertiary/aromatic N) is 1. The molecule has 20 heavy (non-hydrogen) atoms. The number of halogens is 2. The van der Waals surface area contributed by atoms with Crippen molar-refractivity contribution in [2.75, 3.05) is 0 Å². The molecule has 0 aliphatic heterocycles. The lowest BCUT2D eigenvalue weighted by atomic mass is 10.1. The first-order valence-corrected chi connectivity index (χ1v) is 7.27. The number of hydrogen-bond donors (Lipinski definition) is 1. The molecular formula is C13H12F2N2O2S. The van der Waals surface area contributed by atoms with E-state index < -0.39 is 32.7 Å². The SMILES string of the molecule is CC(NS(=O)(=O)c1ncccc1F)c1ccc(F)cc1. The van der Waals surface area contributed by atoms with E-state index in [0.29, 0.717) is 5.56 Å². The summed E-state index contributed by atoms with van der Waals surface area (Å²) < 4.78 is 52.6. The zero-order chi connectivity index (χ0) is 14.8. The lowest BCUT2D eigenvalue weighted by Gasteiger charge is -2.14. The van der Waals surface area contributed by atoms with E-state index in [1.54, 1.807) is 6.92 Å². The van der Waals surface area contributed by atoms with Crippen LogP contribution in [0.5, 0.6) is 0 Å². The minimum atomic E-state index is -4.08. The number of sulfonamides is 1. The van der Waals surface area contributed by atoms with Gasteiger partial charge in [-0.05, 0) is 36.8 Å². The van der Waals surface area contributed by atoms with Crippen LogP contribution >= 0.6 is 0 Å². The molecule has 2 rings (SSSR count). The van der Waals surface area contributed by atoms with Crippen LogP contribution in [0.3, 0.4) is 0 Å². The summed E-state index contributed by atoms with van der Waals surface area (Å²) in [7, 11) is -4.08. The standard InChI is InChI=1S/C13H12F2N2O2S/c1-9(10-4-6-11(14)7-5-10)17-20(18,19)13-12(15)3-2-8-16-13/h2-9,17H,1H3. The van der Waals surface area contributed by atoms with Crippen LogP contribution in [0.25, 0.3) is 0 Å². The molecule has 1 aromatic heterocycles. The Balaban J connectivity index is 2.24. The van der Waals surface area contributed by atoms with E-state index in [1.165, 1.54) is 36.5 Å². The van der Waals surface area contributed by atoms with Gasteiger partial charge in [-0.25, -0.2) is 26.9 Å². The number of rotatable bonds is 4. The van der Waals surface area contributed by atoms with E-state index >= 15 is 0 Å². The summed E-state index contributed by atoms with van der Waals surface area (Å²) in [5.74, 6) is -1.34. The van der Waals surface area contributed by atoms with Gasteiger partial charge in [0.05, 0.1) is 0 Å². The van der Waals surface area contributed by atoms with Crippen molar-refractivity contribution in [1.29, 1.82) is 0 Å². The van der Waals surface area contributed by atoms with E-state index in [4.69, 9.17) is 0 Å². The number of pyridine rings is 1. The Bertz CT molecular complexity index is 703. The third-order valence-electron chi connectivity index (χ3n) is 2.68. The second-order valence-electron chi connectivity index (χ2n) is 4.18. The molecule has 0 bridgehead atoms. The molecule has 0 aliphatic carbocycles. The molecular weight excluding hydrogens is 286 g/mol. The van der Waals surface area contributed by atoms with Crippen LogP contribution in [-0.4, -0.2) is 13.4 Å². The highest BCUT2D eigenvalue weighted by atomic mass is 32.2. The lowest BCUT2D eigenvalue weighted by molar-refractivity contribution is 0.535. The summed E-state index contributed by atoms with van der Waals surface area (Å²) in [5, 5.41) is -0.658. The molecule has 0 saturated heterocycles. The third-order valence-corrected chi connectivity index (χ3v) is 4.15. The topological polar surface area (TPSA) is 59.1 Å². The van der Waals surface area contributed by atoms with E-state index in [9.17, 15) is 17.2 Å². The van der Waals surface area contributed by atoms with Gasteiger partial charge in [0.15, 0.2) is 5.82 Å². The maximum Gasteiger partial charge on any atom is 0.261 e. The van der Waals surface area contributed by atoms with Gasteiger partial charge in [0.2, 0.25) is 5.03 Å². The fourth-order valence-electron chi connectivity index (χ4n) is 1.68. The highest BCUT2D eigenvalue weighted by Gasteiger charge is 2.23. The van der Waals surface area contributed by atoms with Crippen molar-refractivity contribution >= 4 is 10.0 Å². The van der Waals surface area contributed by atoms with Crippen LogP contribution in [-0.2, 0) is 10.0 Å². The van der Waals surface area contributed by atoms with Crippen LogP contribution in [0.2, 0.25) is 0 Å². The van der Waals surface area contributed by atoms with Gasteiger partial charge in [0.25, 0.3) is 10.0 Å². The number of benzene rings is 1. The number of nitrogens with one attached hydrogen (secondary N) is 1. The van der Waals surface area contributed by atoms with Crippen molar-refractivity contribution in [2.45, 2.75) is 18.0 Å². The van der Waals surface area contributed by atoms with Crippen molar-refractivity contribution in [3.05, 3.63) is 59.8 Å². The number of aromatic nitrogens is 1. The molecule has 1 N–H and O–H groups in total. The molecule has 0 radical (unpaired) electrons. The zero-order valence-electron chi connectivity index (χ0n) is 10.5. The molecule has 106 valence electrons. The first-order valence-electron chi connectivity index (χ1n) is 5.78. The monoisotopic (exact) mass is 298 g/mol. The second kappa shape index (κ2) is 5.64. The Hall–Kier alpha value is -1.86. The average molecular weight is 298 g/mol. The van der Waals surface area contributed by atoms with E-state index in [1.807, 2.05) is 0 Å². The summed E-state index contributed by atoms with van der Waals surface area (Å²) in [5.41, 5.74) is 0.561. The Kier molecular flexibility index (Phi) is 4.10. The van der Waals surface area contributed by atoms with Crippen molar-refractivity contribution in [3.63, 3.8) is 0 Å². The van der Waals surface area contributed by atoms with Gasteiger partial charge in [0.1, 0.15) is 5.82 Å². The molecule has 0 spiro atoms. The van der Waals surface area contributed by atoms with Gasteiger partial charge in [-0.1, -0.05) is 12.1 Å². The van der Waals surface area contributed by atoms with Crippen LogP contribution in [0.4, 0.5) is 8.78 Å². The van der Waals surface area contributed by atoms with Gasteiger partial charge in [-0.15, -0.1) is 0 Å². The lowest BCUT2D eigenvalue weighted by Crippen LogP contribution is -2.28. The zero-order valence-corrected chi connectivity index (χ0v) is 11.4. The van der Waals surface area contributed by atoms with E-state index in [2.05, 4.69) is 9.71 Å². The molecule has 1 aromatic carbocycles. The van der Waals surface area contributed by atoms with Gasteiger partial charge in [-0.2, -0.15) is 0 Å². The van der Waals surface area contributed by atoms with Gasteiger partial charge in [-0.3, -0.25) is 0 Å². The maximum atomic E-state index is 13.5. The molecule has 7 heteroatoms. The van der Waals surface area contributed by atoms with Crippen LogP contribution in [0.1, 0.15) is 18.5 Å². The normalized spacial score (nSPS) is 13.2. The quantitative estimate of drug-likeness (QED) is 0.943. The summed E-state index contributed by atoms with van der Waals surface area (Å²) in [4.78, 5) is 3.53. The minimum absolute atomic E-state index is 0.417. The predicted octanol–water partition coefficient (Wildman–Crippen LogP) is 2.40.